The summed E-state index contributed by atoms with van der Waals surface area (Å²) in [5.41, 5.74) is 1.12. The summed E-state index contributed by atoms with van der Waals surface area (Å²) in [4.78, 5) is 12.7. The Bertz CT molecular complexity index is 511. The Morgan fingerprint density at radius 2 is 2.17 bits per heavy atom. The molecule has 1 aromatic heterocycles. The van der Waals surface area contributed by atoms with E-state index in [4.69, 9.17) is 0 Å². The van der Waals surface area contributed by atoms with Gasteiger partial charge in [-0.05, 0) is 39.7 Å². The van der Waals surface area contributed by atoms with Gasteiger partial charge in [0.05, 0.1) is 17.2 Å². The van der Waals surface area contributed by atoms with Crippen molar-refractivity contribution >= 4 is 17.3 Å². The summed E-state index contributed by atoms with van der Waals surface area (Å²) in [6, 6.07) is 0.767. The second-order valence-corrected chi connectivity index (χ2v) is 7.48. The molecule has 1 atom stereocenters. The maximum Gasteiger partial charge on any atom is 0.191 e. The summed E-state index contributed by atoms with van der Waals surface area (Å²) in [6.45, 7) is 10.5. The number of nitrogens with one attached hydrogen (secondary N) is 2. The van der Waals surface area contributed by atoms with Gasteiger partial charge in [0.1, 0.15) is 0 Å². The van der Waals surface area contributed by atoms with Crippen molar-refractivity contribution in [2.75, 3.05) is 26.7 Å². The van der Waals surface area contributed by atoms with Crippen LogP contribution in [0, 0.1) is 13.8 Å². The van der Waals surface area contributed by atoms with E-state index in [2.05, 4.69) is 46.3 Å². The molecule has 2 rings (SSSR count). The van der Waals surface area contributed by atoms with Crippen LogP contribution in [0.2, 0.25) is 0 Å². The Morgan fingerprint density at radius 1 is 1.35 bits per heavy atom. The number of piperidine rings is 1. The van der Waals surface area contributed by atoms with E-state index in [1.165, 1.54) is 37.1 Å². The van der Waals surface area contributed by atoms with E-state index in [0.29, 0.717) is 0 Å². The van der Waals surface area contributed by atoms with Gasteiger partial charge in [0.2, 0.25) is 0 Å². The summed E-state index contributed by atoms with van der Waals surface area (Å²) >= 11 is 1.75. The number of rotatable bonds is 6. The number of nitrogens with zero attached hydrogens (tertiary/aromatic N) is 3. The van der Waals surface area contributed by atoms with Crippen molar-refractivity contribution in [3.8, 4) is 0 Å². The van der Waals surface area contributed by atoms with E-state index in [0.717, 1.165) is 42.3 Å². The molecule has 2 heterocycles. The van der Waals surface area contributed by atoms with Crippen molar-refractivity contribution in [3.05, 3.63) is 15.6 Å². The number of hydrogen-bond donors (Lipinski definition) is 2. The van der Waals surface area contributed by atoms with Crippen molar-refractivity contribution in [2.45, 2.75) is 59.0 Å². The fourth-order valence-electron chi connectivity index (χ4n) is 3.26. The molecule has 1 aliphatic heterocycles. The lowest BCUT2D eigenvalue weighted by molar-refractivity contribution is 0.147. The molecule has 0 radical (unpaired) electrons. The number of guanidine groups is 1. The van der Waals surface area contributed by atoms with Gasteiger partial charge in [-0.1, -0.05) is 13.3 Å². The Labute approximate surface area is 144 Å². The highest BCUT2D eigenvalue weighted by Crippen LogP contribution is 2.18. The van der Waals surface area contributed by atoms with E-state index in [1.54, 1.807) is 11.3 Å². The minimum absolute atomic E-state index is 0.767. The van der Waals surface area contributed by atoms with Gasteiger partial charge in [0, 0.05) is 31.1 Å². The quantitative estimate of drug-likeness (QED) is 0.619. The first-order valence-corrected chi connectivity index (χ1v) is 9.57. The molecule has 1 saturated heterocycles. The van der Waals surface area contributed by atoms with Crippen molar-refractivity contribution in [1.82, 2.24) is 20.5 Å². The summed E-state index contributed by atoms with van der Waals surface area (Å²) < 4.78 is 0. The van der Waals surface area contributed by atoms with Crippen LogP contribution in [0.1, 0.15) is 48.2 Å². The summed E-state index contributed by atoms with van der Waals surface area (Å²) in [6.07, 6.45) is 5.34. The van der Waals surface area contributed by atoms with Crippen molar-refractivity contribution in [2.24, 2.45) is 4.99 Å². The normalized spacial score (nSPS) is 19.8. The largest absolute Gasteiger partial charge is 0.355 e. The van der Waals surface area contributed by atoms with Gasteiger partial charge in [-0.25, -0.2) is 4.98 Å². The third-order valence-corrected chi connectivity index (χ3v) is 5.62. The lowest BCUT2D eigenvalue weighted by Gasteiger charge is -2.35. The monoisotopic (exact) mass is 337 g/mol. The maximum absolute atomic E-state index is 4.47. The smallest absolute Gasteiger partial charge is 0.191 e. The molecule has 23 heavy (non-hydrogen) atoms. The van der Waals surface area contributed by atoms with Gasteiger partial charge in [0.25, 0.3) is 0 Å². The fourth-order valence-corrected chi connectivity index (χ4v) is 4.13. The SMILES string of the molecule is CCC1CCCCN1CCNC(=NC)NCc1sc(C)nc1C. The highest BCUT2D eigenvalue weighted by Gasteiger charge is 2.19. The molecule has 5 nitrogen and oxygen atoms in total. The summed E-state index contributed by atoms with van der Waals surface area (Å²) in [7, 11) is 1.83. The van der Waals surface area contributed by atoms with E-state index in [9.17, 15) is 0 Å². The minimum atomic E-state index is 0.767. The lowest BCUT2D eigenvalue weighted by Crippen LogP contribution is -2.45. The summed E-state index contributed by atoms with van der Waals surface area (Å²) in [5, 5.41) is 7.96. The highest BCUT2D eigenvalue weighted by atomic mass is 32.1. The van der Waals surface area contributed by atoms with Crippen LogP contribution in [0.3, 0.4) is 0 Å². The van der Waals surface area contributed by atoms with Crippen LogP contribution in [0.4, 0.5) is 0 Å². The van der Waals surface area contributed by atoms with Gasteiger partial charge < -0.3 is 10.6 Å². The first-order valence-electron chi connectivity index (χ1n) is 8.75. The van der Waals surface area contributed by atoms with Crippen LogP contribution < -0.4 is 10.6 Å². The van der Waals surface area contributed by atoms with Crippen LogP contribution in [-0.2, 0) is 6.54 Å². The van der Waals surface area contributed by atoms with Crippen LogP contribution in [0.25, 0.3) is 0 Å². The number of aliphatic imine (C=N–C) groups is 1. The molecule has 1 aliphatic rings. The first-order chi connectivity index (χ1) is 11.1. The van der Waals surface area contributed by atoms with Crippen LogP contribution in [-0.4, -0.2) is 48.6 Å². The van der Waals surface area contributed by atoms with Gasteiger partial charge in [-0.2, -0.15) is 0 Å². The molecule has 0 aromatic carbocycles. The molecule has 130 valence electrons. The van der Waals surface area contributed by atoms with Gasteiger partial charge in [-0.15, -0.1) is 11.3 Å². The second kappa shape index (κ2) is 9.23. The maximum atomic E-state index is 4.47. The molecule has 0 saturated carbocycles. The number of thiazole rings is 1. The molecular formula is C17H31N5S. The zero-order valence-corrected chi connectivity index (χ0v) is 15.8. The molecule has 0 spiro atoms. The molecule has 6 heteroatoms. The molecule has 1 fully saturated rings. The molecule has 0 aliphatic carbocycles. The lowest BCUT2D eigenvalue weighted by atomic mass is 10.0. The van der Waals surface area contributed by atoms with E-state index in [1.807, 2.05) is 7.05 Å². The van der Waals surface area contributed by atoms with E-state index in [-0.39, 0.29) is 0 Å². The average Bonchev–Trinajstić information content (AvgIpc) is 2.88. The predicted molar refractivity (Wildman–Crippen MR) is 99.3 cm³/mol. The van der Waals surface area contributed by atoms with Crippen molar-refractivity contribution in [3.63, 3.8) is 0 Å². The Morgan fingerprint density at radius 3 is 2.83 bits per heavy atom. The predicted octanol–water partition coefficient (Wildman–Crippen LogP) is 2.69. The Kier molecular flexibility index (Phi) is 7.30. The zero-order chi connectivity index (χ0) is 16.7. The molecule has 2 N–H and O–H groups in total. The zero-order valence-electron chi connectivity index (χ0n) is 15.0. The van der Waals surface area contributed by atoms with E-state index < -0.39 is 0 Å². The third-order valence-electron chi connectivity index (χ3n) is 4.55. The van der Waals surface area contributed by atoms with Gasteiger partial charge in [0.15, 0.2) is 5.96 Å². The van der Waals surface area contributed by atoms with Gasteiger partial charge in [-0.3, -0.25) is 9.89 Å². The van der Waals surface area contributed by atoms with Gasteiger partial charge >= 0.3 is 0 Å². The highest BCUT2D eigenvalue weighted by molar-refractivity contribution is 7.11. The third kappa shape index (κ3) is 5.46. The molecule has 0 amide bonds. The first kappa shape index (κ1) is 18.2. The average molecular weight is 338 g/mol. The topological polar surface area (TPSA) is 52.5 Å². The summed E-state index contributed by atoms with van der Waals surface area (Å²) in [5.74, 6) is 0.875. The number of hydrogen-bond acceptors (Lipinski definition) is 4. The standard InChI is InChI=1S/C17H31N5S/c1-5-15-8-6-7-10-22(15)11-9-19-17(18-4)20-12-16-13(2)21-14(3)23-16/h15H,5-12H2,1-4H3,(H2,18,19,20). The second-order valence-electron chi connectivity index (χ2n) is 6.19. The molecular weight excluding hydrogens is 306 g/mol. The van der Waals surface area contributed by atoms with Crippen LogP contribution in [0.15, 0.2) is 4.99 Å². The van der Waals surface area contributed by atoms with E-state index >= 15 is 0 Å². The minimum Gasteiger partial charge on any atom is -0.355 e. The van der Waals surface area contributed by atoms with Crippen molar-refractivity contribution in [1.29, 1.82) is 0 Å². The molecule has 1 aromatic rings. The Balaban J connectivity index is 1.73. The number of likely N-dealkylation sites (tertiary alicyclic amines) is 1. The molecule has 0 bridgehead atoms. The van der Waals surface area contributed by atoms with Crippen LogP contribution in [0.5, 0.6) is 0 Å². The molecule has 1 unspecified atom stereocenters. The van der Waals surface area contributed by atoms with Crippen molar-refractivity contribution < 1.29 is 0 Å². The van der Waals surface area contributed by atoms with Crippen LogP contribution >= 0.6 is 11.3 Å². The fraction of sp³-hybridized carbons (Fsp3) is 0.765. The Hall–Kier alpha value is -1.14. The number of aromatic nitrogens is 1. The number of aryl methyl sites for hydroxylation is 2.